The number of halogens is 3. The van der Waals surface area contributed by atoms with Crippen molar-refractivity contribution in [3.8, 4) is 5.75 Å². The number of ether oxygens (including phenoxy) is 1. The summed E-state index contributed by atoms with van der Waals surface area (Å²) in [5.74, 6) is -1.19. The van der Waals surface area contributed by atoms with E-state index >= 15 is 0 Å². The van der Waals surface area contributed by atoms with Gasteiger partial charge in [0, 0.05) is 19.0 Å². The minimum atomic E-state index is -4.64. The van der Waals surface area contributed by atoms with Gasteiger partial charge in [-0.1, -0.05) is 17.7 Å². The van der Waals surface area contributed by atoms with Gasteiger partial charge < -0.3 is 14.1 Å². The van der Waals surface area contributed by atoms with E-state index in [0.29, 0.717) is 31.7 Å². The minimum absolute atomic E-state index is 0.0275. The standard InChI is InChI=1S/C17H18F3N3O3/c1-11-2-4-13(5-3-11)25-10-14(24)23-8-6-12(7-9-23)15-21-22-16(26-15)17(18,19)20/h2-5,12H,6-10H2,1H3. The number of likely N-dealkylation sites (tertiary alicyclic amines) is 1. The van der Waals surface area contributed by atoms with E-state index < -0.39 is 12.1 Å². The first kappa shape index (κ1) is 18.2. The average Bonchev–Trinajstić information content (AvgIpc) is 3.12. The normalized spacial score (nSPS) is 15.9. The lowest BCUT2D eigenvalue weighted by molar-refractivity contribution is -0.157. The average molecular weight is 369 g/mol. The molecule has 9 heteroatoms. The maximum absolute atomic E-state index is 12.5. The molecule has 1 aliphatic rings. The number of aromatic nitrogens is 2. The fraction of sp³-hybridized carbons (Fsp3) is 0.471. The quantitative estimate of drug-likeness (QED) is 0.828. The summed E-state index contributed by atoms with van der Waals surface area (Å²) in [6.45, 7) is 2.70. The van der Waals surface area contributed by atoms with Crippen molar-refractivity contribution in [1.82, 2.24) is 15.1 Å². The zero-order valence-corrected chi connectivity index (χ0v) is 14.1. The summed E-state index contributed by atoms with van der Waals surface area (Å²) in [6, 6.07) is 7.38. The lowest BCUT2D eigenvalue weighted by Crippen LogP contribution is -2.40. The van der Waals surface area contributed by atoms with E-state index in [1.54, 1.807) is 17.0 Å². The molecule has 0 saturated carbocycles. The maximum Gasteiger partial charge on any atom is 0.470 e. The first-order chi connectivity index (χ1) is 12.3. The highest BCUT2D eigenvalue weighted by atomic mass is 19.4. The molecular weight excluding hydrogens is 351 g/mol. The molecule has 2 heterocycles. The van der Waals surface area contributed by atoms with Crippen molar-refractivity contribution < 1.29 is 27.1 Å². The number of hydrogen-bond donors (Lipinski definition) is 0. The zero-order valence-electron chi connectivity index (χ0n) is 14.1. The molecule has 0 aliphatic carbocycles. The molecule has 0 spiro atoms. The Hall–Kier alpha value is -2.58. The van der Waals surface area contributed by atoms with Crippen LogP contribution in [-0.4, -0.2) is 40.7 Å². The molecule has 1 aromatic heterocycles. The van der Waals surface area contributed by atoms with Crippen LogP contribution in [0.15, 0.2) is 28.7 Å². The number of alkyl halides is 3. The molecule has 6 nitrogen and oxygen atoms in total. The second-order valence-electron chi connectivity index (χ2n) is 6.20. The molecule has 0 N–H and O–H groups in total. The molecule has 1 aromatic carbocycles. The lowest BCUT2D eigenvalue weighted by atomic mass is 9.97. The van der Waals surface area contributed by atoms with E-state index in [0.717, 1.165) is 5.56 Å². The molecule has 0 radical (unpaired) electrons. The van der Waals surface area contributed by atoms with E-state index in [4.69, 9.17) is 9.15 Å². The fourth-order valence-electron chi connectivity index (χ4n) is 2.76. The highest BCUT2D eigenvalue weighted by Crippen LogP contribution is 2.32. The van der Waals surface area contributed by atoms with Gasteiger partial charge in [-0.25, -0.2) is 0 Å². The fourth-order valence-corrected chi connectivity index (χ4v) is 2.76. The van der Waals surface area contributed by atoms with Crippen LogP contribution in [0.25, 0.3) is 0 Å². The molecule has 2 aromatic rings. The van der Waals surface area contributed by atoms with Crippen LogP contribution in [-0.2, 0) is 11.0 Å². The van der Waals surface area contributed by atoms with Crippen molar-refractivity contribution in [2.45, 2.75) is 31.9 Å². The van der Waals surface area contributed by atoms with Crippen molar-refractivity contribution in [2.24, 2.45) is 0 Å². The number of piperidine rings is 1. The van der Waals surface area contributed by atoms with Crippen molar-refractivity contribution in [3.05, 3.63) is 41.6 Å². The molecule has 0 bridgehead atoms. The highest BCUT2D eigenvalue weighted by Gasteiger charge is 2.39. The SMILES string of the molecule is Cc1ccc(OCC(=O)N2CCC(c3nnc(C(F)(F)F)o3)CC2)cc1. The molecule has 0 unspecified atom stereocenters. The smallest absolute Gasteiger partial charge is 0.470 e. The Morgan fingerprint density at radius 2 is 1.88 bits per heavy atom. The summed E-state index contributed by atoms with van der Waals surface area (Å²) < 4.78 is 47.8. The predicted molar refractivity (Wildman–Crippen MR) is 84.5 cm³/mol. The second-order valence-corrected chi connectivity index (χ2v) is 6.20. The van der Waals surface area contributed by atoms with Crippen LogP contribution < -0.4 is 4.74 Å². The van der Waals surface area contributed by atoms with E-state index in [1.807, 2.05) is 19.1 Å². The largest absolute Gasteiger partial charge is 0.484 e. The van der Waals surface area contributed by atoms with Gasteiger partial charge in [-0.2, -0.15) is 13.2 Å². The van der Waals surface area contributed by atoms with Gasteiger partial charge in [0.15, 0.2) is 6.61 Å². The van der Waals surface area contributed by atoms with Crippen LogP contribution in [0.4, 0.5) is 13.2 Å². The molecule has 26 heavy (non-hydrogen) atoms. The van der Waals surface area contributed by atoms with Crippen LogP contribution in [0.2, 0.25) is 0 Å². The summed E-state index contributed by atoms with van der Waals surface area (Å²) in [6.07, 6.45) is -3.71. The van der Waals surface area contributed by atoms with Gasteiger partial charge in [-0.3, -0.25) is 4.79 Å². The molecule has 140 valence electrons. The number of amides is 1. The summed E-state index contributed by atoms with van der Waals surface area (Å²) in [4.78, 5) is 13.8. The van der Waals surface area contributed by atoms with Crippen molar-refractivity contribution in [3.63, 3.8) is 0 Å². The van der Waals surface area contributed by atoms with Crippen molar-refractivity contribution in [1.29, 1.82) is 0 Å². The second kappa shape index (κ2) is 7.35. The Balaban J connectivity index is 1.49. The van der Waals surface area contributed by atoms with Gasteiger partial charge in [0.05, 0.1) is 0 Å². The van der Waals surface area contributed by atoms with Gasteiger partial charge >= 0.3 is 12.1 Å². The number of carbonyl (C=O) groups excluding carboxylic acids is 1. The maximum atomic E-state index is 12.5. The molecule has 1 amide bonds. The number of benzene rings is 1. The van der Waals surface area contributed by atoms with Gasteiger partial charge in [-0.15, -0.1) is 10.2 Å². The first-order valence-corrected chi connectivity index (χ1v) is 8.21. The van der Waals surface area contributed by atoms with Gasteiger partial charge in [0.2, 0.25) is 5.89 Å². The van der Waals surface area contributed by atoms with Crippen LogP contribution in [0.5, 0.6) is 5.75 Å². The Kier molecular flexibility index (Phi) is 5.15. The van der Waals surface area contributed by atoms with Gasteiger partial charge in [0.1, 0.15) is 5.75 Å². The zero-order chi connectivity index (χ0) is 18.7. The Morgan fingerprint density at radius 3 is 2.46 bits per heavy atom. The Bertz CT molecular complexity index is 751. The van der Waals surface area contributed by atoms with Crippen LogP contribution in [0.3, 0.4) is 0 Å². The third-order valence-corrected chi connectivity index (χ3v) is 4.26. The number of hydrogen-bond acceptors (Lipinski definition) is 5. The summed E-state index contributed by atoms with van der Waals surface area (Å²) in [5, 5.41) is 6.54. The summed E-state index contributed by atoms with van der Waals surface area (Å²) in [7, 11) is 0. The molecule has 1 saturated heterocycles. The van der Waals surface area contributed by atoms with Crippen LogP contribution >= 0.6 is 0 Å². The summed E-state index contributed by atoms with van der Waals surface area (Å²) >= 11 is 0. The Labute approximate surface area is 148 Å². The lowest BCUT2D eigenvalue weighted by Gasteiger charge is -2.30. The highest BCUT2D eigenvalue weighted by molar-refractivity contribution is 5.77. The molecule has 0 atom stereocenters. The van der Waals surface area contributed by atoms with Gasteiger partial charge in [0.25, 0.3) is 5.91 Å². The topological polar surface area (TPSA) is 68.5 Å². The monoisotopic (exact) mass is 369 g/mol. The third-order valence-electron chi connectivity index (χ3n) is 4.26. The number of aryl methyl sites for hydroxylation is 1. The predicted octanol–water partition coefficient (Wildman–Crippen LogP) is 3.18. The number of carbonyl (C=O) groups is 1. The van der Waals surface area contributed by atoms with Crippen molar-refractivity contribution in [2.75, 3.05) is 19.7 Å². The Morgan fingerprint density at radius 1 is 1.23 bits per heavy atom. The molecule has 1 aliphatic heterocycles. The number of nitrogens with zero attached hydrogens (tertiary/aromatic N) is 3. The molecular formula is C17H18F3N3O3. The van der Waals surface area contributed by atoms with E-state index in [-0.39, 0.29) is 24.3 Å². The van der Waals surface area contributed by atoms with E-state index in [2.05, 4.69) is 10.2 Å². The first-order valence-electron chi connectivity index (χ1n) is 8.21. The van der Waals surface area contributed by atoms with Gasteiger partial charge in [-0.05, 0) is 31.9 Å². The summed E-state index contributed by atoms with van der Waals surface area (Å²) in [5.41, 5.74) is 1.10. The van der Waals surface area contributed by atoms with Crippen molar-refractivity contribution >= 4 is 5.91 Å². The van der Waals surface area contributed by atoms with E-state index in [1.165, 1.54) is 0 Å². The molecule has 1 fully saturated rings. The number of rotatable bonds is 4. The van der Waals surface area contributed by atoms with Crippen LogP contribution in [0, 0.1) is 6.92 Å². The third kappa shape index (κ3) is 4.33. The van der Waals surface area contributed by atoms with E-state index in [9.17, 15) is 18.0 Å². The minimum Gasteiger partial charge on any atom is -0.484 e. The van der Waals surface area contributed by atoms with Crippen LogP contribution in [0.1, 0.15) is 36.1 Å². The molecule has 3 rings (SSSR count).